The van der Waals surface area contributed by atoms with E-state index in [1.54, 1.807) is 13.8 Å². The van der Waals surface area contributed by atoms with Gasteiger partial charge in [0, 0.05) is 0 Å². The van der Waals surface area contributed by atoms with Crippen LogP contribution in [0.25, 0.3) is 0 Å². The van der Waals surface area contributed by atoms with Gasteiger partial charge in [0.2, 0.25) is 0 Å². The summed E-state index contributed by atoms with van der Waals surface area (Å²) in [6, 6.07) is 1.01. The zero-order valence-electron chi connectivity index (χ0n) is 10.5. The molecule has 0 spiro atoms. The van der Waals surface area contributed by atoms with Crippen LogP contribution in [-0.2, 0) is 0 Å². The summed E-state index contributed by atoms with van der Waals surface area (Å²) in [5.74, 6) is -0.233. The van der Waals surface area contributed by atoms with Crippen molar-refractivity contribution in [3.05, 3.63) is 11.8 Å². The molecule has 6 heteroatoms. The Morgan fingerprint density at radius 3 is 2.88 bits per heavy atom. The van der Waals surface area contributed by atoms with E-state index in [9.17, 15) is 9.90 Å². The molecule has 1 rings (SSSR count). The fourth-order valence-electron chi connectivity index (χ4n) is 1.19. The first-order valence-corrected chi connectivity index (χ1v) is 5.44. The molecular weight excluding hydrogens is 224 g/mol. The van der Waals surface area contributed by atoms with Crippen molar-refractivity contribution < 1.29 is 19.2 Å². The number of aliphatic hydroxyl groups is 1. The van der Waals surface area contributed by atoms with E-state index in [1.807, 2.05) is 6.92 Å². The van der Waals surface area contributed by atoms with Crippen molar-refractivity contribution >= 4 is 5.91 Å². The normalized spacial score (nSPS) is 16.1. The Labute approximate surface area is 99.9 Å². The van der Waals surface area contributed by atoms with Crippen molar-refractivity contribution in [2.45, 2.75) is 38.8 Å². The van der Waals surface area contributed by atoms with Crippen LogP contribution in [-0.4, -0.2) is 34.9 Å². The maximum Gasteiger partial charge on any atom is 0.311 e. The van der Waals surface area contributed by atoms with Crippen LogP contribution in [0.2, 0.25) is 0 Å². The summed E-state index contributed by atoms with van der Waals surface area (Å²) in [7, 11) is 1.42. The number of nitrogens with zero attached hydrogens (tertiary/aromatic N) is 1. The predicted octanol–water partition coefficient (Wildman–Crippen LogP) is 0.963. The number of carbonyl (C=O) groups excluding carboxylic acids is 1. The van der Waals surface area contributed by atoms with Crippen LogP contribution < -0.4 is 10.1 Å². The Morgan fingerprint density at radius 1 is 1.76 bits per heavy atom. The van der Waals surface area contributed by atoms with Crippen molar-refractivity contribution in [1.82, 2.24) is 10.5 Å². The van der Waals surface area contributed by atoms with Crippen LogP contribution in [0.1, 0.15) is 37.7 Å². The summed E-state index contributed by atoms with van der Waals surface area (Å²) in [5, 5.41) is 16.2. The summed E-state index contributed by atoms with van der Waals surface area (Å²) in [5.41, 5.74) is -0.829. The summed E-state index contributed by atoms with van der Waals surface area (Å²) < 4.78 is 9.51. The third kappa shape index (κ3) is 3.20. The molecule has 0 aliphatic heterocycles. The van der Waals surface area contributed by atoms with E-state index in [1.165, 1.54) is 13.2 Å². The van der Waals surface area contributed by atoms with E-state index < -0.39 is 11.5 Å². The van der Waals surface area contributed by atoms with Gasteiger partial charge in [-0.25, -0.2) is 0 Å². The summed E-state index contributed by atoms with van der Waals surface area (Å²) in [4.78, 5) is 11.7. The minimum absolute atomic E-state index is 0.126. The van der Waals surface area contributed by atoms with Crippen LogP contribution >= 0.6 is 0 Å². The molecule has 1 heterocycles. The average molecular weight is 242 g/mol. The average Bonchev–Trinajstić information content (AvgIpc) is 2.77. The standard InChI is InChI=1S/C11H18N2O4/c1-5-11(3,15)7(2)12-10(14)8-6-9(16-4)17-13-8/h6-7,15H,5H2,1-4H3,(H,12,14). The maximum absolute atomic E-state index is 11.7. The minimum atomic E-state index is -0.955. The SMILES string of the molecule is CCC(C)(O)C(C)NC(=O)c1cc(OC)on1. The van der Waals surface area contributed by atoms with Gasteiger partial charge in [-0.3, -0.25) is 4.79 Å². The van der Waals surface area contributed by atoms with E-state index in [2.05, 4.69) is 10.5 Å². The molecular formula is C11H18N2O4. The highest BCUT2D eigenvalue weighted by atomic mass is 16.6. The lowest BCUT2D eigenvalue weighted by Crippen LogP contribution is -2.48. The molecule has 0 aliphatic rings. The van der Waals surface area contributed by atoms with Gasteiger partial charge in [-0.05, 0) is 20.3 Å². The Balaban J connectivity index is 2.66. The van der Waals surface area contributed by atoms with Crippen LogP contribution in [0.4, 0.5) is 0 Å². The second kappa shape index (κ2) is 5.18. The van der Waals surface area contributed by atoms with Gasteiger partial charge in [-0.2, -0.15) is 0 Å². The predicted molar refractivity (Wildman–Crippen MR) is 60.9 cm³/mol. The Hall–Kier alpha value is -1.56. The van der Waals surface area contributed by atoms with E-state index in [0.29, 0.717) is 6.42 Å². The molecule has 2 unspecified atom stereocenters. The summed E-state index contributed by atoms with van der Waals surface area (Å²) in [6.45, 7) is 5.25. The molecule has 2 N–H and O–H groups in total. The van der Waals surface area contributed by atoms with Crippen LogP contribution in [0, 0.1) is 0 Å². The molecule has 0 fully saturated rings. The molecule has 0 radical (unpaired) electrons. The number of aromatic nitrogens is 1. The van der Waals surface area contributed by atoms with Crippen LogP contribution in [0.5, 0.6) is 5.95 Å². The quantitative estimate of drug-likeness (QED) is 0.803. The number of nitrogens with one attached hydrogen (secondary N) is 1. The molecule has 1 aromatic rings. The zero-order chi connectivity index (χ0) is 13.1. The third-order valence-electron chi connectivity index (χ3n) is 2.92. The first-order valence-electron chi connectivity index (χ1n) is 5.44. The second-order valence-corrected chi connectivity index (χ2v) is 4.14. The van der Waals surface area contributed by atoms with Gasteiger partial charge in [-0.15, -0.1) is 0 Å². The Morgan fingerprint density at radius 2 is 2.41 bits per heavy atom. The number of ether oxygens (including phenoxy) is 1. The lowest BCUT2D eigenvalue weighted by atomic mass is 9.95. The number of hydrogen-bond donors (Lipinski definition) is 2. The number of rotatable bonds is 5. The van der Waals surface area contributed by atoms with Gasteiger partial charge in [-0.1, -0.05) is 12.1 Å². The van der Waals surface area contributed by atoms with Gasteiger partial charge in [0.25, 0.3) is 5.91 Å². The van der Waals surface area contributed by atoms with Crippen LogP contribution in [0.15, 0.2) is 10.6 Å². The Kier molecular flexibility index (Phi) is 4.11. The fourth-order valence-corrected chi connectivity index (χ4v) is 1.19. The highest BCUT2D eigenvalue weighted by Crippen LogP contribution is 2.15. The van der Waals surface area contributed by atoms with Gasteiger partial charge >= 0.3 is 5.95 Å². The van der Waals surface area contributed by atoms with E-state index in [4.69, 9.17) is 9.26 Å². The molecule has 17 heavy (non-hydrogen) atoms. The number of amides is 1. The Bertz CT molecular complexity index is 387. The minimum Gasteiger partial charge on any atom is -0.467 e. The zero-order valence-corrected chi connectivity index (χ0v) is 10.5. The first-order chi connectivity index (χ1) is 7.90. The summed E-state index contributed by atoms with van der Waals surface area (Å²) >= 11 is 0. The maximum atomic E-state index is 11.7. The third-order valence-corrected chi connectivity index (χ3v) is 2.92. The smallest absolute Gasteiger partial charge is 0.311 e. The number of methoxy groups -OCH3 is 1. The number of hydrogen-bond acceptors (Lipinski definition) is 5. The molecule has 0 bridgehead atoms. The van der Waals surface area contributed by atoms with E-state index >= 15 is 0 Å². The molecule has 6 nitrogen and oxygen atoms in total. The van der Waals surface area contributed by atoms with E-state index in [0.717, 1.165) is 0 Å². The fraction of sp³-hybridized carbons (Fsp3) is 0.636. The monoisotopic (exact) mass is 242 g/mol. The molecule has 0 aromatic carbocycles. The highest BCUT2D eigenvalue weighted by Gasteiger charge is 2.28. The van der Waals surface area contributed by atoms with Gasteiger partial charge < -0.3 is 19.7 Å². The van der Waals surface area contributed by atoms with Crippen molar-refractivity contribution in [2.24, 2.45) is 0 Å². The topological polar surface area (TPSA) is 84.6 Å². The second-order valence-electron chi connectivity index (χ2n) is 4.14. The van der Waals surface area contributed by atoms with Gasteiger partial charge in [0.05, 0.1) is 24.8 Å². The highest BCUT2D eigenvalue weighted by molar-refractivity contribution is 5.92. The molecule has 2 atom stereocenters. The molecule has 0 saturated heterocycles. The molecule has 1 amide bonds. The molecule has 0 aliphatic carbocycles. The van der Waals surface area contributed by atoms with Crippen molar-refractivity contribution in [3.63, 3.8) is 0 Å². The van der Waals surface area contributed by atoms with Gasteiger partial charge in [0.1, 0.15) is 0 Å². The van der Waals surface area contributed by atoms with Gasteiger partial charge in [0.15, 0.2) is 5.69 Å². The molecule has 96 valence electrons. The molecule has 1 aromatic heterocycles. The van der Waals surface area contributed by atoms with Crippen molar-refractivity contribution in [3.8, 4) is 5.95 Å². The molecule has 0 saturated carbocycles. The largest absolute Gasteiger partial charge is 0.467 e. The lowest BCUT2D eigenvalue weighted by molar-refractivity contribution is 0.0210. The van der Waals surface area contributed by atoms with Crippen molar-refractivity contribution in [1.29, 1.82) is 0 Å². The van der Waals surface area contributed by atoms with Crippen LogP contribution in [0.3, 0.4) is 0 Å². The van der Waals surface area contributed by atoms with E-state index in [-0.39, 0.29) is 17.7 Å². The number of carbonyl (C=O) groups is 1. The summed E-state index contributed by atoms with van der Waals surface area (Å²) in [6.07, 6.45) is 0.538. The first kappa shape index (κ1) is 13.5. The lowest BCUT2D eigenvalue weighted by Gasteiger charge is -2.29. The van der Waals surface area contributed by atoms with Crippen molar-refractivity contribution in [2.75, 3.05) is 7.11 Å².